The molecule has 2 aromatic rings. The van der Waals surface area contributed by atoms with Crippen LogP contribution in [0.25, 0.3) is 0 Å². The fourth-order valence-electron chi connectivity index (χ4n) is 4.21. The van der Waals surface area contributed by atoms with Gasteiger partial charge in [0.25, 0.3) is 5.91 Å². The number of ether oxygens (including phenoxy) is 5. The maximum atomic E-state index is 14.0. The van der Waals surface area contributed by atoms with E-state index in [2.05, 4.69) is 5.32 Å². The predicted molar refractivity (Wildman–Crippen MR) is 170 cm³/mol. The van der Waals surface area contributed by atoms with Gasteiger partial charge < -0.3 is 34.7 Å². The minimum absolute atomic E-state index is 0.0128. The number of nitrogens with one attached hydrogen (secondary N) is 1. The molecule has 1 atom stereocenters. The summed E-state index contributed by atoms with van der Waals surface area (Å²) in [5.74, 6) is -0.837. The Hall–Kier alpha value is -3.07. The van der Waals surface area contributed by atoms with E-state index >= 15 is 0 Å². The number of rotatable bonds is 20. The highest BCUT2D eigenvalue weighted by atomic mass is 32.2. The third kappa shape index (κ3) is 13.1. The molecule has 12 nitrogen and oxygen atoms in total. The van der Waals surface area contributed by atoms with Crippen LogP contribution in [0.5, 0.6) is 5.75 Å². The zero-order valence-corrected chi connectivity index (χ0v) is 28.1. The molecule has 252 valence electrons. The van der Waals surface area contributed by atoms with E-state index in [0.29, 0.717) is 69.6 Å². The summed E-state index contributed by atoms with van der Waals surface area (Å²) in [4.78, 5) is 26.0. The smallest absolute Gasteiger partial charge is 0.325 e. The second-order valence-electron chi connectivity index (χ2n) is 11.5. The third-order valence-corrected chi connectivity index (χ3v) is 8.19. The summed E-state index contributed by atoms with van der Waals surface area (Å²) in [6.45, 7) is 12.0. The maximum absolute atomic E-state index is 14.0. The maximum Gasteiger partial charge on any atom is 0.325 e. The molecule has 0 aliphatic heterocycles. The van der Waals surface area contributed by atoms with Gasteiger partial charge in [0.05, 0.1) is 51.6 Å². The first-order valence-electron chi connectivity index (χ1n) is 15.0. The summed E-state index contributed by atoms with van der Waals surface area (Å²) in [6, 6.07) is 11.5. The van der Waals surface area contributed by atoms with Crippen LogP contribution in [0.3, 0.4) is 0 Å². The highest BCUT2D eigenvalue weighted by molar-refractivity contribution is 7.89. The van der Waals surface area contributed by atoms with Crippen LogP contribution >= 0.6 is 0 Å². The number of nitrogens with two attached hydrogens (primary N) is 1. The fourth-order valence-corrected chi connectivity index (χ4v) is 5.90. The molecule has 1 amide bonds. The lowest BCUT2D eigenvalue weighted by molar-refractivity contribution is -0.161. The van der Waals surface area contributed by atoms with Crippen molar-refractivity contribution in [3.05, 3.63) is 59.7 Å². The number of carbonyl (C=O) groups is 2. The minimum Gasteiger partial charge on any atom is -0.497 e. The number of methoxy groups -OCH3 is 1. The quantitative estimate of drug-likeness (QED) is 0.161. The molecule has 13 heteroatoms. The van der Waals surface area contributed by atoms with Gasteiger partial charge in [0.15, 0.2) is 0 Å². The van der Waals surface area contributed by atoms with Gasteiger partial charge in [0, 0.05) is 25.2 Å². The van der Waals surface area contributed by atoms with E-state index in [4.69, 9.17) is 29.4 Å². The largest absolute Gasteiger partial charge is 0.497 e. The number of nitrogens with zero attached hydrogens (tertiary/aromatic N) is 1. The van der Waals surface area contributed by atoms with Gasteiger partial charge in [0.1, 0.15) is 17.4 Å². The van der Waals surface area contributed by atoms with E-state index in [1.807, 2.05) is 0 Å². The van der Waals surface area contributed by atoms with E-state index < -0.39 is 33.6 Å². The molecule has 0 aliphatic carbocycles. The van der Waals surface area contributed by atoms with Gasteiger partial charge in [-0.05, 0) is 68.7 Å². The number of carbonyl (C=O) groups excluding carboxylic acids is 2. The van der Waals surface area contributed by atoms with Crippen molar-refractivity contribution in [3.63, 3.8) is 0 Å². The average Bonchev–Trinajstić information content (AvgIpc) is 2.98. The van der Waals surface area contributed by atoms with Crippen LogP contribution in [0.1, 0.15) is 50.5 Å². The van der Waals surface area contributed by atoms with Gasteiger partial charge >= 0.3 is 5.97 Å². The van der Waals surface area contributed by atoms with Gasteiger partial charge in [-0.2, -0.15) is 4.31 Å². The SMILES string of the molecule is COc1ccc(S(=O)(=O)N(Cc2ccc(C(=O)NCCOCCOCCOCCN)cc2)C(C(=O)OC(C)(C)C)C(C)C)cc1. The Morgan fingerprint density at radius 2 is 1.42 bits per heavy atom. The standard InChI is InChI=1S/C32H49N3O9S/c1-24(2)29(31(37)44-32(3,4)5)35(45(38,39)28-13-11-27(40-6)12-14-28)23-25-7-9-26(10-8-25)30(36)34-16-18-42-20-22-43-21-19-41-17-15-33/h7-14,24,29H,15-23,33H2,1-6H3,(H,34,36). The first kappa shape index (κ1) is 38.1. The van der Waals surface area contributed by atoms with E-state index in [1.54, 1.807) is 71.0 Å². The van der Waals surface area contributed by atoms with Crippen LogP contribution < -0.4 is 15.8 Å². The zero-order valence-electron chi connectivity index (χ0n) is 27.2. The molecule has 0 radical (unpaired) electrons. The molecule has 2 rings (SSSR count). The number of amides is 1. The third-order valence-electron chi connectivity index (χ3n) is 6.35. The van der Waals surface area contributed by atoms with Crippen molar-refractivity contribution in [2.75, 3.05) is 59.8 Å². The summed E-state index contributed by atoms with van der Waals surface area (Å²) >= 11 is 0. The van der Waals surface area contributed by atoms with Crippen LogP contribution in [-0.4, -0.2) is 96.1 Å². The Morgan fingerprint density at radius 1 is 0.867 bits per heavy atom. The molecule has 2 aromatic carbocycles. The summed E-state index contributed by atoms with van der Waals surface area (Å²) in [5.41, 5.74) is 5.53. The average molecular weight is 652 g/mol. The monoisotopic (exact) mass is 651 g/mol. The van der Waals surface area contributed by atoms with Gasteiger partial charge in [-0.1, -0.05) is 26.0 Å². The highest BCUT2D eigenvalue weighted by Crippen LogP contribution is 2.28. The molecule has 0 aliphatic rings. The number of benzene rings is 2. The Labute approximate surface area is 267 Å². The van der Waals surface area contributed by atoms with Crippen molar-refractivity contribution < 1.29 is 41.7 Å². The van der Waals surface area contributed by atoms with E-state index in [-0.39, 0.29) is 17.3 Å². The number of hydrogen-bond acceptors (Lipinski definition) is 10. The molecular formula is C32H49N3O9S. The van der Waals surface area contributed by atoms with Crippen LogP contribution in [0.2, 0.25) is 0 Å². The molecule has 3 N–H and O–H groups in total. The van der Waals surface area contributed by atoms with Crippen molar-refractivity contribution in [3.8, 4) is 5.75 Å². The van der Waals surface area contributed by atoms with Crippen LogP contribution in [0.15, 0.2) is 53.4 Å². The van der Waals surface area contributed by atoms with Crippen molar-refractivity contribution in [1.82, 2.24) is 9.62 Å². The molecule has 45 heavy (non-hydrogen) atoms. The molecule has 0 bridgehead atoms. The normalized spacial score (nSPS) is 12.7. The van der Waals surface area contributed by atoms with Gasteiger partial charge in [-0.15, -0.1) is 0 Å². The molecule has 0 fully saturated rings. The van der Waals surface area contributed by atoms with Gasteiger partial charge in [-0.25, -0.2) is 8.42 Å². The molecule has 0 aromatic heterocycles. The molecular weight excluding hydrogens is 602 g/mol. The van der Waals surface area contributed by atoms with Crippen molar-refractivity contribution >= 4 is 21.9 Å². The van der Waals surface area contributed by atoms with Gasteiger partial charge in [0.2, 0.25) is 10.0 Å². The van der Waals surface area contributed by atoms with E-state index in [0.717, 1.165) is 4.31 Å². The van der Waals surface area contributed by atoms with E-state index in [1.165, 1.54) is 19.2 Å². The molecule has 0 heterocycles. The second-order valence-corrected chi connectivity index (χ2v) is 13.4. The molecule has 1 unspecified atom stereocenters. The fraction of sp³-hybridized carbons (Fsp3) is 0.562. The summed E-state index contributed by atoms with van der Waals surface area (Å²) in [7, 11) is -2.67. The highest BCUT2D eigenvalue weighted by Gasteiger charge is 2.40. The molecule has 0 spiro atoms. The summed E-state index contributed by atoms with van der Waals surface area (Å²) in [6.07, 6.45) is 0. The lowest BCUT2D eigenvalue weighted by atomic mass is 10.0. The van der Waals surface area contributed by atoms with Crippen molar-refractivity contribution in [1.29, 1.82) is 0 Å². The first-order valence-corrected chi connectivity index (χ1v) is 16.4. The van der Waals surface area contributed by atoms with Crippen molar-refractivity contribution in [2.24, 2.45) is 11.7 Å². The lowest BCUT2D eigenvalue weighted by Gasteiger charge is -2.34. The summed E-state index contributed by atoms with van der Waals surface area (Å²) < 4.78 is 56.1. The lowest BCUT2D eigenvalue weighted by Crippen LogP contribution is -2.49. The topological polar surface area (TPSA) is 156 Å². The number of esters is 1. The van der Waals surface area contributed by atoms with Crippen LogP contribution in [0, 0.1) is 5.92 Å². The molecule has 0 saturated carbocycles. The predicted octanol–water partition coefficient (Wildman–Crippen LogP) is 2.99. The summed E-state index contributed by atoms with van der Waals surface area (Å²) in [5, 5.41) is 2.79. The van der Waals surface area contributed by atoms with E-state index in [9.17, 15) is 18.0 Å². The van der Waals surface area contributed by atoms with Crippen LogP contribution in [-0.2, 0) is 40.3 Å². The Kier molecular flexibility index (Phi) is 15.9. The second kappa shape index (κ2) is 18.8. The zero-order chi connectivity index (χ0) is 33.5. The first-order chi connectivity index (χ1) is 21.3. The Bertz CT molecular complexity index is 1280. The Morgan fingerprint density at radius 3 is 1.93 bits per heavy atom. The number of hydrogen-bond donors (Lipinski definition) is 2. The van der Waals surface area contributed by atoms with Crippen LogP contribution in [0.4, 0.5) is 0 Å². The number of sulfonamides is 1. The van der Waals surface area contributed by atoms with Gasteiger partial charge in [-0.3, -0.25) is 9.59 Å². The van der Waals surface area contributed by atoms with Crippen molar-refractivity contribution in [2.45, 2.75) is 57.7 Å². The Balaban J connectivity index is 2.09. The molecule has 0 saturated heterocycles. The minimum atomic E-state index is -4.16.